The van der Waals surface area contributed by atoms with Gasteiger partial charge in [0.25, 0.3) is 10.1 Å². The van der Waals surface area contributed by atoms with Gasteiger partial charge in [0.1, 0.15) is 12.4 Å². The van der Waals surface area contributed by atoms with Crippen molar-refractivity contribution in [3.63, 3.8) is 0 Å². The standard InChI is InChI=1S/C31H37NO6S2/c1-31(2,3)23-38-40(34,35)20-19-28(32-30(33)37-21-24-11-7-5-8-12-24)29(26-13-9-6-10-14-26)39-22-25-15-17-27(36-4)18-16-25/h5-20,28-29H,21-23H2,1-4H3,(H,32,33)/b20-19+. The van der Waals surface area contributed by atoms with Gasteiger partial charge in [-0.2, -0.15) is 8.42 Å². The van der Waals surface area contributed by atoms with Gasteiger partial charge in [0, 0.05) is 5.75 Å². The molecule has 0 aromatic heterocycles. The molecule has 0 bridgehead atoms. The molecule has 1 amide bonds. The molecule has 0 aliphatic rings. The summed E-state index contributed by atoms with van der Waals surface area (Å²) in [7, 11) is -2.37. The number of rotatable bonds is 13. The first kappa shape index (κ1) is 31.3. The summed E-state index contributed by atoms with van der Waals surface area (Å²) >= 11 is 1.58. The third-order valence-corrected chi connectivity index (χ3v) is 8.01. The zero-order valence-corrected chi connectivity index (χ0v) is 24.9. The Kier molecular flexibility index (Phi) is 11.7. The van der Waals surface area contributed by atoms with Crippen molar-refractivity contribution in [2.45, 2.75) is 44.4 Å². The van der Waals surface area contributed by atoms with Crippen molar-refractivity contribution in [1.82, 2.24) is 5.32 Å². The van der Waals surface area contributed by atoms with Crippen molar-refractivity contribution in [2.75, 3.05) is 13.7 Å². The summed E-state index contributed by atoms with van der Waals surface area (Å²) in [6.07, 6.45) is 0.804. The number of thioether (sulfide) groups is 1. The topological polar surface area (TPSA) is 90.9 Å². The summed E-state index contributed by atoms with van der Waals surface area (Å²) < 4.78 is 41.4. The molecular weight excluding hydrogens is 546 g/mol. The molecule has 7 nitrogen and oxygen atoms in total. The Hall–Kier alpha value is -3.27. The molecule has 40 heavy (non-hydrogen) atoms. The van der Waals surface area contributed by atoms with Crippen molar-refractivity contribution in [3.05, 3.63) is 113 Å². The largest absolute Gasteiger partial charge is 0.497 e. The highest BCUT2D eigenvalue weighted by atomic mass is 32.2. The van der Waals surface area contributed by atoms with Crippen molar-refractivity contribution < 1.29 is 26.9 Å². The average Bonchev–Trinajstić information content (AvgIpc) is 2.95. The quantitative estimate of drug-likeness (QED) is 0.220. The van der Waals surface area contributed by atoms with E-state index in [2.05, 4.69) is 5.32 Å². The second-order valence-corrected chi connectivity index (χ2v) is 13.0. The van der Waals surface area contributed by atoms with Gasteiger partial charge in [-0.3, -0.25) is 4.18 Å². The van der Waals surface area contributed by atoms with E-state index in [0.717, 1.165) is 27.8 Å². The van der Waals surface area contributed by atoms with Crippen LogP contribution in [0, 0.1) is 5.41 Å². The number of benzene rings is 3. The first-order valence-corrected chi connectivity index (χ1v) is 15.4. The lowest BCUT2D eigenvalue weighted by Crippen LogP contribution is -2.37. The zero-order chi connectivity index (χ0) is 29.0. The Balaban J connectivity index is 1.86. The lowest BCUT2D eigenvalue weighted by molar-refractivity contribution is 0.137. The van der Waals surface area contributed by atoms with Crippen LogP contribution < -0.4 is 10.1 Å². The van der Waals surface area contributed by atoms with Gasteiger partial charge in [0.2, 0.25) is 0 Å². The maximum Gasteiger partial charge on any atom is 0.407 e. The van der Waals surface area contributed by atoms with Crippen LogP contribution in [0.4, 0.5) is 4.79 Å². The van der Waals surface area contributed by atoms with E-state index in [1.807, 2.05) is 106 Å². The predicted molar refractivity (Wildman–Crippen MR) is 160 cm³/mol. The molecule has 0 radical (unpaired) electrons. The third-order valence-electron chi connectivity index (χ3n) is 5.65. The van der Waals surface area contributed by atoms with Crippen molar-refractivity contribution in [1.29, 1.82) is 0 Å². The number of nitrogens with one attached hydrogen (secondary N) is 1. The minimum absolute atomic E-state index is 0.0330. The highest BCUT2D eigenvalue weighted by Crippen LogP contribution is 2.36. The Labute approximate surface area is 242 Å². The van der Waals surface area contributed by atoms with Crippen molar-refractivity contribution >= 4 is 28.0 Å². The van der Waals surface area contributed by atoms with Crippen LogP contribution in [-0.2, 0) is 31.4 Å². The molecule has 0 fully saturated rings. The molecule has 0 spiro atoms. The molecular formula is C31H37NO6S2. The van der Waals surface area contributed by atoms with Crippen LogP contribution in [0.1, 0.15) is 42.7 Å². The maximum atomic E-state index is 12.9. The molecule has 3 aromatic carbocycles. The second-order valence-electron chi connectivity index (χ2n) is 10.4. The first-order valence-electron chi connectivity index (χ1n) is 12.9. The van der Waals surface area contributed by atoms with Crippen LogP contribution in [-0.4, -0.2) is 34.3 Å². The molecule has 1 N–H and O–H groups in total. The molecule has 0 aliphatic heterocycles. The molecule has 0 saturated heterocycles. The number of alkyl carbamates (subject to hydrolysis) is 1. The lowest BCUT2D eigenvalue weighted by Gasteiger charge is -2.26. The van der Waals surface area contributed by atoms with Gasteiger partial charge in [-0.15, -0.1) is 11.8 Å². The number of hydrogen-bond acceptors (Lipinski definition) is 7. The predicted octanol–water partition coefficient (Wildman–Crippen LogP) is 6.87. The molecule has 3 rings (SSSR count). The number of amides is 1. The van der Waals surface area contributed by atoms with E-state index in [9.17, 15) is 13.2 Å². The molecule has 0 heterocycles. The van der Waals surface area contributed by atoms with E-state index in [-0.39, 0.29) is 23.9 Å². The van der Waals surface area contributed by atoms with Gasteiger partial charge >= 0.3 is 6.09 Å². The Bertz CT molecular complexity index is 1320. The highest BCUT2D eigenvalue weighted by molar-refractivity contribution is 7.98. The van der Waals surface area contributed by atoms with E-state index < -0.39 is 22.3 Å². The van der Waals surface area contributed by atoms with Crippen LogP contribution in [0.3, 0.4) is 0 Å². The smallest absolute Gasteiger partial charge is 0.407 e. The fourth-order valence-corrected chi connectivity index (χ4v) is 5.80. The van der Waals surface area contributed by atoms with Crippen LogP contribution in [0.5, 0.6) is 5.75 Å². The summed E-state index contributed by atoms with van der Waals surface area (Å²) in [6.45, 7) is 5.79. The molecule has 9 heteroatoms. The fourth-order valence-electron chi connectivity index (χ4n) is 3.56. The molecule has 0 saturated carbocycles. The van der Waals surface area contributed by atoms with Crippen LogP contribution in [0.2, 0.25) is 0 Å². The van der Waals surface area contributed by atoms with Gasteiger partial charge in [-0.1, -0.05) is 93.6 Å². The number of ether oxygens (including phenoxy) is 2. The van der Waals surface area contributed by atoms with Crippen LogP contribution in [0.15, 0.2) is 96.4 Å². The number of hydrogen-bond donors (Lipinski definition) is 1. The van der Waals surface area contributed by atoms with Gasteiger partial charge in [0.05, 0.1) is 30.4 Å². The first-order chi connectivity index (χ1) is 19.0. The van der Waals surface area contributed by atoms with E-state index >= 15 is 0 Å². The van der Waals surface area contributed by atoms with Gasteiger partial charge in [0.15, 0.2) is 0 Å². The SMILES string of the molecule is COc1ccc(CSC(c2ccccc2)C(/C=C/S(=O)(=O)OCC(C)(C)C)NC(=O)OCc2ccccc2)cc1. The Morgan fingerprint density at radius 2 is 1.55 bits per heavy atom. The van der Waals surface area contributed by atoms with Crippen molar-refractivity contribution in [3.8, 4) is 5.75 Å². The Morgan fingerprint density at radius 1 is 0.925 bits per heavy atom. The van der Waals surface area contributed by atoms with Gasteiger partial charge in [-0.25, -0.2) is 4.79 Å². The van der Waals surface area contributed by atoms with E-state index in [1.54, 1.807) is 18.9 Å². The Morgan fingerprint density at radius 3 is 2.15 bits per heavy atom. The minimum atomic E-state index is -3.99. The van der Waals surface area contributed by atoms with Gasteiger partial charge < -0.3 is 14.8 Å². The molecule has 214 valence electrons. The molecule has 0 aliphatic carbocycles. The molecule has 2 atom stereocenters. The van der Waals surface area contributed by atoms with E-state index in [4.69, 9.17) is 13.7 Å². The van der Waals surface area contributed by atoms with Crippen LogP contribution in [0.25, 0.3) is 0 Å². The number of carbonyl (C=O) groups is 1. The van der Waals surface area contributed by atoms with Crippen LogP contribution >= 0.6 is 11.8 Å². The summed E-state index contributed by atoms with van der Waals surface area (Å²) in [5.74, 6) is 1.37. The summed E-state index contributed by atoms with van der Waals surface area (Å²) in [4.78, 5) is 12.9. The van der Waals surface area contributed by atoms with Gasteiger partial charge in [-0.05, 0) is 40.3 Å². The maximum absolute atomic E-state index is 12.9. The zero-order valence-electron chi connectivity index (χ0n) is 23.3. The normalized spacial score (nSPS) is 13.5. The number of methoxy groups -OCH3 is 1. The molecule has 2 unspecified atom stereocenters. The summed E-state index contributed by atoms with van der Waals surface area (Å²) in [6, 6.07) is 26.0. The number of carbonyl (C=O) groups excluding carboxylic acids is 1. The van der Waals surface area contributed by atoms with E-state index in [0.29, 0.717) is 5.75 Å². The minimum Gasteiger partial charge on any atom is -0.497 e. The third kappa shape index (κ3) is 11.1. The average molecular weight is 584 g/mol. The monoisotopic (exact) mass is 583 g/mol. The molecule has 3 aromatic rings. The lowest BCUT2D eigenvalue weighted by atomic mass is 9.99. The summed E-state index contributed by atoms with van der Waals surface area (Å²) in [5.41, 5.74) is 2.49. The fraction of sp³-hybridized carbons (Fsp3) is 0.323. The second kappa shape index (κ2) is 14.9. The van der Waals surface area contributed by atoms with Crippen molar-refractivity contribution in [2.24, 2.45) is 5.41 Å². The summed E-state index contributed by atoms with van der Waals surface area (Å²) in [5, 5.41) is 3.56. The van der Waals surface area contributed by atoms with E-state index in [1.165, 1.54) is 6.08 Å². The highest BCUT2D eigenvalue weighted by Gasteiger charge is 2.26.